The predicted octanol–water partition coefficient (Wildman–Crippen LogP) is 3.26. The summed E-state index contributed by atoms with van der Waals surface area (Å²) in [4.78, 5) is 24.8. The molecule has 0 radical (unpaired) electrons. The van der Waals surface area contributed by atoms with E-state index in [1.807, 2.05) is 24.3 Å². The Morgan fingerprint density at radius 2 is 0.900 bits per heavy atom. The summed E-state index contributed by atoms with van der Waals surface area (Å²) in [6.45, 7) is 0.168. The minimum Gasteiger partial charge on any atom is -0.396 e. The van der Waals surface area contributed by atoms with Crippen LogP contribution in [0.25, 0.3) is 0 Å². The van der Waals surface area contributed by atoms with Gasteiger partial charge in [0.25, 0.3) is 11.8 Å². The fourth-order valence-electron chi connectivity index (χ4n) is 2.95. The van der Waals surface area contributed by atoms with Gasteiger partial charge in [0.2, 0.25) is 0 Å². The van der Waals surface area contributed by atoms with Gasteiger partial charge >= 0.3 is 0 Å². The zero-order chi connectivity index (χ0) is 21.3. The van der Waals surface area contributed by atoms with Crippen LogP contribution in [0.1, 0.15) is 31.8 Å². The highest BCUT2D eigenvalue weighted by Gasteiger charge is 2.10. The zero-order valence-electron chi connectivity index (χ0n) is 16.5. The van der Waals surface area contributed by atoms with Crippen molar-refractivity contribution in [1.82, 2.24) is 0 Å². The highest BCUT2D eigenvalue weighted by Crippen LogP contribution is 2.14. The van der Waals surface area contributed by atoms with Gasteiger partial charge in [-0.1, -0.05) is 24.3 Å². The first-order valence-electron chi connectivity index (χ1n) is 9.71. The summed E-state index contributed by atoms with van der Waals surface area (Å²) >= 11 is 0. The van der Waals surface area contributed by atoms with Crippen LogP contribution in [-0.2, 0) is 12.8 Å². The molecule has 6 heteroatoms. The van der Waals surface area contributed by atoms with Crippen LogP contribution in [0.5, 0.6) is 0 Å². The number of rotatable bonds is 8. The third-order valence-electron chi connectivity index (χ3n) is 4.63. The molecule has 0 fully saturated rings. The van der Waals surface area contributed by atoms with E-state index >= 15 is 0 Å². The Morgan fingerprint density at radius 1 is 0.567 bits per heavy atom. The Kier molecular flexibility index (Phi) is 7.32. The Hall–Kier alpha value is -3.48. The number of aliphatic hydroxyl groups excluding tert-OH is 2. The summed E-state index contributed by atoms with van der Waals surface area (Å²) in [7, 11) is 0. The van der Waals surface area contributed by atoms with Gasteiger partial charge in [-0.2, -0.15) is 0 Å². The van der Waals surface area contributed by atoms with E-state index in [-0.39, 0.29) is 25.0 Å². The lowest BCUT2D eigenvalue weighted by atomic mass is 10.1. The molecule has 0 aliphatic heterocycles. The molecule has 154 valence electrons. The fraction of sp³-hybridized carbons (Fsp3) is 0.167. The molecule has 4 N–H and O–H groups in total. The van der Waals surface area contributed by atoms with Crippen molar-refractivity contribution in [2.24, 2.45) is 0 Å². The highest BCUT2D eigenvalue weighted by atomic mass is 16.3. The monoisotopic (exact) mass is 404 g/mol. The van der Waals surface area contributed by atoms with Crippen molar-refractivity contribution in [3.8, 4) is 0 Å². The van der Waals surface area contributed by atoms with Crippen LogP contribution in [-0.4, -0.2) is 35.2 Å². The molecule has 0 saturated carbocycles. The van der Waals surface area contributed by atoms with Gasteiger partial charge in [-0.15, -0.1) is 0 Å². The van der Waals surface area contributed by atoms with E-state index in [2.05, 4.69) is 10.6 Å². The van der Waals surface area contributed by atoms with Crippen LogP contribution >= 0.6 is 0 Å². The Labute approximate surface area is 175 Å². The Morgan fingerprint density at radius 3 is 1.20 bits per heavy atom. The number of benzene rings is 3. The molecule has 0 heterocycles. The van der Waals surface area contributed by atoms with E-state index in [9.17, 15) is 9.59 Å². The number of amides is 2. The summed E-state index contributed by atoms with van der Waals surface area (Å²) in [6.07, 6.45) is 1.15. The number of hydrogen-bond donors (Lipinski definition) is 4. The minimum absolute atomic E-state index is 0.0840. The van der Waals surface area contributed by atoms with Crippen LogP contribution in [0, 0.1) is 0 Å². The van der Waals surface area contributed by atoms with E-state index in [1.54, 1.807) is 48.5 Å². The van der Waals surface area contributed by atoms with Crippen molar-refractivity contribution < 1.29 is 19.8 Å². The van der Waals surface area contributed by atoms with Crippen molar-refractivity contribution in [3.05, 3.63) is 95.1 Å². The lowest BCUT2D eigenvalue weighted by Crippen LogP contribution is -2.14. The zero-order valence-corrected chi connectivity index (χ0v) is 16.5. The van der Waals surface area contributed by atoms with Gasteiger partial charge < -0.3 is 20.8 Å². The van der Waals surface area contributed by atoms with E-state index in [1.165, 1.54) is 0 Å². The van der Waals surface area contributed by atoms with Gasteiger partial charge in [-0.25, -0.2) is 0 Å². The second-order valence-corrected chi connectivity index (χ2v) is 6.83. The van der Waals surface area contributed by atoms with Crippen molar-refractivity contribution >= 4 is 23.2 Å². The van der Waals surface area contributed by atoms with Crippen molar-refractivity contribution in [2.45, 2.75) is 12.8 Å². The van der Waals surface area contributed by atoms with E-state index in [4.69, 9.17) is 10.2 Å². The summed E-state index contributed by atoms with van der Waals surface area (Å²) in [5.41, 5.74) is 4.20. The van der Waals surface area contributed by atoms with Crippen LogP contribution in [0.2, 0.25) is 0 Å². The van der Waals surface area contributed by atoms with Crippen LogP contribution in [0.4, 0.5) is 11.4 Å². The largest absolute Gasteiger partial charge is 0.396 e. The molecule has 30 heavy (non-hydrogen) atoms. The second kappa shape index (κ2) is 10.3. The molecule has 2 amide bonds. The molecular formula is C24H24N2O4. The van der Waals surface area contributed by atoms with Gasteiger partial charge in [-0.3, -0.25) is 9.59 Å². The maximum atomic E-state index is 12.4. The van der Waals surface area contributed by atoms with Gasteiger partial charge in [0, 0.05) is 35.7 Å². The summed E-state index contributed by atoms with van der Waals surface area (Å²) < 4.78 is 0. The maximum Gasteiger partial charge on any atom is 0.255 e. The molecule has 0 aromatic heterocycles. The number of aliphatic hydroxyl groups is 2. The first-order valence-corrected chi connectivity index (χ1v) is 9.71. The molecule has 3 aromatic rings. The molecule has 0 unspecified atom stereocenters. The smallest absolute Gasteiger partial charge is 0.255 e. The number of anilines is 2. The van der Waals surface area contributed by atoms with Crippen LogP contribution < -0.4 is 10.6 Å². The molecule has 0 saturated heterocycles. The molecule has 0 bridgehead atoms. The van der Waals surface area contributed by atoms with Gasteiger partial charge in [0.15, 0.2) is 0 Å². The quantitative estimate of drug-likeness (QED) is 0.463. The minimum atomic E-state index is -0.267. The lowest BCUT2D eigenvalue weighted by Gasteiger charge is -2.08. The predicted molar refractivity (Wildman–Crippen MR) is 117 cm³/mol. The number of hydrogen-bond acceptors (Lipinski definition) is 4. The Balaban J connectivity index is 1.59. The van der Waals surface area contributed by atoms with Gasteiger partial charge in [0.05, 0.1) is 0 Å². The van der Waals surface area contributed by atoms with Crippen molar-refractivity contribution in [2.75, 3.05) is 23.8 Å². The first kappa shape index (κ1) is 21.2. The maximum absolute atomic E-state index is 12.4. The van der Waals surface area contributed by atoms with Crippen LogP contribution in [0.3, 0.4) is 0 Å². The number of carbonyl (C=O) groups is 2. The normalized spacial score (nSPS) is 10.5. The second-order valence-electron chi connectivity index (χ2n) is 6.83. The van der Waals surface area contributed by atoms with E-state index < -0.39 is 0 Å². The van der Waals surface area contributed by atoms with Crippen molar-refractivity contribution in [3.63, 3.8) is 0 Å². The summed E-state index contributed by atoms with van der Waals surface area (Å²) in [5.74, 6) is -0.535. The molecule has 0 spiro atoms. The number of carbonyl (C=O) groups excluding carboxylic acids is 2. The topological polar surface area (TPSA) is 98.7 Å². The van der Waals surface area contributed by atoms with Gasteiger partial charge in [-0.05, 0) is 72.5 Å². The Bertz CT molecular complexity index is 899. The molecule has 3 aromatic carbocycles. The number of nitrogens with one attached hydrogen (secondary N) is 2. The lowest BCUT2D eigenvalue weighted by molar-refractivity contribution is 0.101. The average molecular weight is 404 g/mol. The first-order chi connectivity index (χ1) is 14.6. The molecule has 0 atom stereocenters. The standard InChI is InChI=1S/C24H24N2O4/c27-15-13-17-1-9-21(10-2-17)25-23(29)19-5-7-20(8-6-19)24(30)26-22-11-3-18(4-12-22)14-16-28/h1-12,27-28H,13-16H2,(H,25,29)(H,26,30). The summed E-state index contributed by atoms with van der Waals surface area (Å²) in [6, 6.07) is 21.0. The van der Waals surface area contributed by atoms with Crippen LogP contribution in [0.15, 0.2) is 72.8 Å². The molecule has 3 rings (SSSR count). The van der Waals surface area contributed by atoms with E-state index in [0.717, 1.165) is 11.1 Å². The molecule has 0 aliphatic carbocycles. The van der Waals surface area contributed by atoms with Gasteiger partial charge in [0.1, 0.15) is 0 Å². The average Bonchev–Trinajstić information content (AvgIpc) is 2.77. The third kappa shape index (κ3) is 5.76. The van der Waals surface area contributed by atoms with E-state index in [0.29, 0.717) is 35.3 Å². The molecule has 0 aliphatic rings. The fourth-order valence-corrected chi connectivity index (χ4v) is 2.95. The molecular weight excluding hydrogens is 380 g/mol. The highest BCUT2D eigenvalue weighted by molar-refractivity contribution is 6.07. The third-order valence-corrected chi connectivity index (χ3v) is 4.63. The molecule has 6 nitrogen and oxygen atoms in total. The SMILES string of the molecule is O=C(Nc1ccc(CCO)cc1)c1ccc(C(=O)Nc2ccc(CCO)cc2)cc1. The van der Waals surface area contributed by atoms with Crippen molar-refractivity contribution in [1.29, 1.82) is 0 Å². The summed E-state index contributed by atoms with van der Waals surface area (Å²) in [5, 5.41) is 23.5.